The number of aryl methyl sites for hydroxylation is 1. The fourth-order valence-corrected chi connectivity index (χ4v) is 5.80. The van der Waals surface area contributed by atoms with Crippen molar-refractivity contribution in [3.05, 3.63) is 12.5 Å². The topological polar surface area (TPSA) is 21.1 Å². The Morgan fingerprint density at radius 1 is 1.27 bits per heavy atom. The molecule has 86 valence electrons. The monoisotopic (exact) mass is 225 g/mol. The molecule has 0 aromatic carbocycles. The molecule has 0 radical (unpaired) electrons. The Morgan fingerprint density at radius 2 is 1.80 bits per heavy atom. The van der Waals surface area contributed by atoms with Crippen LogP contribution in [0.25, 0.3) is 0 Å². The molecule has 0 unspecified atom stereocenters. The minimum Gasteiger partial charge on any atom is -0.384 e. The van der Waals surface area contributed by atoms with Crippen molar-refractivity contribution in [2.24, 2.45) is 7.05 Å². The van der Waals surface area contributed by atoms with Gasteiger partial charge in [-0.05, 0) is 25.2 Å². The van der Waals surface area contributed by atoms with Gasteiger partial charge in [0.2, 0.25) is 0 Å². The molecule has 1 aromatic rings. The summed E-state index contributed by atoms with van der Waals surface area (Å²) in [4.78, 5) is 4.45. The van der Waals surface area contributed by atoms with Crippen LogP contribution in [0.5, 0.6) is 0 Å². The van der Waals surface area contributed by atoms with Crippen LogP contribution >= 0.6 is 0 Å². The van der Waals surface area contributed by atoms with Crippen molar-refractivity contribution in [3.8, 4) is 0 Å². The van der Waals surface area contributed by atoms with Crippen LogP contribution in [0.3, 0.4) is 0 Å². The smallest absolute Gasteiger partial charge is 0.157 e. The van der Waals surface area contributed by atoms with Gasteiger partial charge in [0, 0.05) is 13.2 Å². The molecule has 0 spiro atoms. The Hall–Kier alpha value is -0.773. The average molecular weight is 225 g/mol. The molecule has 1 aromatic heterocycles. The van der Waals surface area contributed by atoms with Crippen LogP contribution in [0.2, 0.25) is 18.1 Å². The lowest BCUT2D eigenvalue weighted by Gasteiger charge is -2.38. The number of nitrogens with zero attached hydrogens (tertiary/aromatic N) is 3. The number of hydrogen-bond donors (Lipinski definition) is 0. The number of anilines is 1. The first-order valence-corrected chi connectivity index (χ1v) is 8.38. The SMILES string of the molecule is CC[Si](CC)(CC)N(C)c1cn(C)cn1. The summed E-state index contributed by atoms with van der Waals surface area (Å²) in [6.07, 6.45) is 3.99. The van der Waals surface area contributed by atoms with E-state index >= 15 is 0 Å². The van der Waals surface area contributed by atoms with E-state index in [2.05, 4.69) is 43.6 Å². The molecule has 0 N–H and O–H groups in total. The van der Waals surface area contributed by atoms with Crippen molar-refractivity contribution in [1.82, 2.24) is 9.55 Å². The molecule has 1 rings (SSSR count). The maximum atomic E-state index is 4.45. The lowest BCUT2D eigenvalue weighted by Crippen LogP contribution is -2.50. The number of hydrogen-bond acceptors (Lipinski definition) is 2. The lowest BCUT2D eigenvalue weighted by molar-refractivity contribution is 0.913. The van der Waals surface area contributed by atoms with Crippen LogP contribution in [0, 0.1) is 0 Å². The van der Waals surface area contributed by atoms with Gasteiger partial charge in [0.1, 0.15) is 5.82 Å². The summed E-state index contributed by atoms with van der Waals surface area (Å²) in [5, 5.41) is 0. The standard InChI is InChI=1S/C11H23N3Si/c1-6-15(7-2,8-3)14(5)11-9-13(4)10-12-11/h9-10H,6-8H2,1-5H3. The Bertz CT molecular complexity index is 296. The maximum Gasteiger partial charge on any atom is 0.157 e. The van der Waals surface area contributed by atoms with Crippen molar-refractivity contribution in [2.75, 3.05) is 11.6 Å². The van der Waals surface area contributed by atoms with Crippen LogP contribution < -0.4 is 4.57 Å². The molecule has 15 heavy (non-hydrogen) atoms. The molecule has 0 saturated heterocycles. The average Bonchev–Trinajstić information content (AvgIpc) is 2.68. The van der Waals surface area contributed by atoms with Crippen molar-refractivity contribution < 1.29 is 0 Å². The minimum absolute atomic E-state index is 1.13. The Labute approximate surface area is 94.2 Å². The van der Waals surface area contributed by atoms with Gasteiger partial charge < -0.3 is 9.13 Å². The van der Waals surface area contributed by atoms with Crippen LogP contribution in [0.4, 0.5) is 5.82 Å². The Balaban J connectivity index is 2.94. The van der Waals surface area contributed by atoms with Crippen molar-refractivity contribution >= 4 is 14.1 Å². The van der Waals surface area contributed by atoms with E-state index in [4.69, 9.17) is 0 Å². The van der Waals surface area contributed by atoms with Gasteiger partial charge in [0.05, 0.1) is 6.33 Å². The van der Waals surface area contributed by atoms with E-state index in [0.717, 1.165) is 5.82 Å². The third-order valence-corrected chi connectivity index (χ3v) is 9.32. The highest BCUT2D eigenvalue weighted by Gasteiger charge is 2.33. The zero-order valence-corrected chi connectivity index (χ0v) is 11.6. The first-order valence-electron chi connectivity index (χ1n) is 5.81. The third-order valence-electron chi connectivity index (χ3n) is 3.72. The van der Waals surface area contributed by atoms with E-state index in [1.54, 1.807) is 0 Å². The predicted octanol–water partition coefficient (Wildman–Crippen LogP) is 2.86. The summed E-state index contributed by atoms with van der Waals surface area (Å²) in [7, 11) is 2.95. The number of rotatable bonds is 5. The minimum atomic E-state index is -1.29. The molecule has 0 aliphatic carbocycles. The highest BCUT2D eigenvalue weighted by molar-refractivity contribution is 6.82. The molecular weight excluding hydrogens is 202 g/mol. The van der Waals surface area contributed by atoms with E-state index < -0.39 is 8.24 Å². The molecule has 0 bridgehead atoms. The Kier molecular flexibility index (Phi) is 3.96. The summed E-state index contributed by atoms with van der Waals surface area (Å²) in [5.41, 5.74) is 0. The quantitative estimate of drug-likeness (QED) is 0.719. The van der Waals surface area contributed by atoms with Gasteiger partial charge in [0.15, 0.2) is 8.24 Å². The van der Waals surface area contributed by atoms with E-state index in [-0.39, 0.29) is 0 Å². The third kappa shape index (κ3) is 2.25. The zero-order chi connectivity index (χ0) is 11.5. The van der Waals surface area contributed by atoms with Gasteiger partial charge in [-0.1, -0.05) is 20.8 Å². The van der Waals surface area contributed by atoms with Crippen LogP contribution in [-0.4, -0.2) is 24.8 Å². The molecule has 0 atom stereocenters. The fraction of sp³-hybridized carbons (Fsp3) is 0.727. The van der Waals surface area contributed by atoms with E-state index in [1.165, 1.54) is 18.1 Å². The van der Waals surface area contributed by atoms with Gasteiger partial charge in [-0.25, -0.2) is 4.98 Å². The lowest BCUT2D eigenvalue weighted by atomic mass is 10.7. The van der Waals surface area contributed by atoms with Gasteiger partial charge in [-0.3, -0.25) is 0 Å². The van der Waals surface area contributed by atoms with Gasteiger partial charge >= 0.3 is 0 Å². The molecule has 0 aliphatic heterocycles. The van der Waals surface area contributed by atoms with Crippen LogP contribution in [-0.2, 0) is 7.05 Å². The summed E-state index contributed by atoms with van der Waals surface area (Å²) in [6, 6.07) is 3.90. The van der Waals surface area contributed by atoms with Gasteiger partial charge in [-0.2, -0.15) is 0 Å². The van der Waals surface area contributed by atoms with Crippen LogP contribution in [0.1, 0.15) is 20.8 Å². The van der Waals surface area contributed by atoms with Crippen LogP contribution in [0.15, 0.2) is 12.5 Å². The second-order valence-corrected chi connectivity index (χ2v) is 9.48. The van der Waals surface area contributed by atoms with Crippen molar-refractivity contribution in [2.45, 2.75) is 38.9 Å². The normalized spacial score (nSPS) is 11.8. The largest absolute Gasteiger partial charge is 0.384 e. The van der Waals surface area contributed by atoms with Gasteiger partial charge in [-0.15, -0.1) is 0 Å². The maximum absolute atomic E-state index is 4.45. The predicted molar refractivity (Wildman–Crippen MR) is 68.8 cm³/mol. The highest BCUT2D eigenvalue weighted by atomic mass is 28.3. The molecule has 1 heterocycles. The number of imidazole rings is 1. The molecule has 0 amide bonds. The second kappa shape index (κ2) is 4.83. The highest BCUT2D eigenvalue weighted by Crippen LogP contribution is 2.27. The van der Waals surface area contributed by atoms with E-state index in [9.17, 15) is 0 Å². The summed E-state index contributed by atoms with van der Waals surface area (Å²) >= 11 is 0. The number of aromatic nitrogens is 2. The zero-order valence-electron chi connectivity index (χ0n) is 10.6. The van der Waals surface area contributed by atoms with Crippen molar-refractivity contribution in [1.29, 1.82) is 0 Å². The molecule has 0 saturated carbocycles. The first-order chi connectivity index (χ1) is 7.09. The van der Waals surface area contributed by atoms with Gasteiger partial charge in [0.25, 0.3) is 0 Å². The summed E-state index contributed by atoms with van der Waals surface area (Å²) in [6.45, 7) is 6.95. The molecular formula is C11H23N3Si. The molecule has 0 aliphatic rings. The summed E-state index contributed by atoms with van der Waals surface area (Å²) in [5.74, 6) is 1.13. The Morgan fingerprint density at radius 3 is 2.13 bits per heavy atom. The first kappa shape index (κ1) is 12.3. The second-order valence-electron chi connectivity index (χ2n) is 4.24. The summed E-state index contributed by atoms with van der Waals surface area (Å²) < 4.78 is 4.49. The van der Waals surface area contributed by atoms with Crippen molar-refractivity contribution in [3.63, 3.8) is 0 Å². The molecule has 0 fully saturated rings. The van der Waals surface area contributed by atoms with E-state index in [0.29, 0.717) is 0 Å². The molecule has 3 nitrogen and oxygen atoms in total. The fourth-order valence-electron chi connectivity index (χ4n) is 2.28. The van der Waals surface area contributed by atoms with E-state index in [1.807, 2.05) is 17.9 Å². The molecule has 4 heteroatoms.